The van der Waals surface area contributed by atoms with Gasteiger partial charge >= 0.3 is 6.18 Å². The number of nitrogens with zero attached hydrogens (tertiary/aromatic N) is 3. The third-order valence-corrected chi connectivity index (χ3v) is 5.03. The van der Waals surface area contributed by atoms with E-state index in [2.05, 4.69) is 15.4 Å². The van der Waals surface area contributed by atoms with E-state index in [-0.39, 0.29) is 29.0 Å². The van der Waals surface area contributed by atoms with Crippen LogP contribution in [-0.2, 0) is 23.9 Å². The standard InChI is InChI=1S/C18H16ClF3N4O3S/c1-3-26-16(19)11(8-23-26)24-15(27)7-10-4-5-12(13(6-10)28-2)29-17-25-14(9-30-17)18(20,21)22/h4-6,8-9H,3,7H2,1-2H3,(H,24,27). The summed E-state index contributed by atoms with van der Waals surface area (Å²) in [5, 5.41) is 7.75. The number of aryl methyl sites for hydroxylation is 1. The zero-order chi connectivity index (χ0) is 21.9. The fourth-order valence-electron chi connectivity index (χ4n) is 2.49. The number of halogens is 4. The number of thiazole rings is 1. The molecule has 0 spiro atoms. The molecule has 0 aliphatic carbocycles. The van der Waals surface area contributed by atoms with E-state index in [4.69, 9.17) is 21.1 Å². The molecule has 0 saturated heterocycles. The largest absolute Gasteiger partial charge is 0.493 e. The number of anilines is 1. The first kappa shape index (κ1) is 21.9. The first-order valence-electron chi connectivity index (χ1n) is 8.60. The van der Waals surface area contributed by atoms with E-state index in [1.54, 1.807) is 12.1 Å². The second-order valence-corrected chi connectivity index (χ2v) is 7.15. The number of amides is 1. The van der Waals surface area contributed by atoms with Gasteiger partial charge in [0.2, 0.25) is 5.91 Å². The smallest absolute Gasteiger partial charge is 0.434 e. The Hall–Kier alpha value is -2.79. The fourth-order valence-corrected chi connectivity index (χ4v) is 3.44. The summed E-state index contributed by atoms with van der Waals surface area (Å²) < 4.78 is 50.2. The van der Waals surface area contributed by atoms with Crippen LogP contribution in [0.25, 0.3) is 0 Å². The van der Waals surface area contributed by atoms with Gasteiger partial charge in [0.25, 0.3) is 5.19 Å². The van der Waals surface area contributed by atoms with Gasteiger partial charge in [0.05, 0.1) is 25.4 Å². The van der Waals surface area contributed by atoms with Crippen molar-refractivity contribution in [3.63, 3.8) is 0 Å². The predicted octanol–water partition coefficient (Wildman–Crippen LogP) is 5.01. The highest BCUT2D eigenvalue weighted by Gasteiger charge is 2.34. The highest BCUT2D eigenvalue weighted by Crippen LogP contribution is 2.37. The Morgan fingerprint density at radius 2 is 2.10 bits per heavy atom. The number of carbonyl (C=O) groups is 1. The fraction of sp³-hybridized carbons (Fsp3) is 0.278. The monoisotopic (exact) mass is 460 g/mol. The Balaban J connectivity index is 1.69. The van der Waals surface area contributed by atoms with Crippen LogP contribution < -0.4 is 14.8 Å². The van der Waals surface area contributed by atoms with Crippen molar-refractivity contribution in [3.05, 3.63) is 46.2 Å². The molecule has 3 aromatic rings. The summed E-state index contributed by atoms with van der Waals surface area (Å²) in [4.78, 5) is 15.7. The second kappa shape index (κ2) is 8.92. The van der Waals surface area contributed by atoms with Crippen molar-refractivity contribution in [2.45, 2.75) is 26.1 Å². The van der Waals surface area contributed by atoms with Gasteiger partial charge in [-0.3, -0.25) is 9.48 Å². The van der Waals surface area contributed by atoms with Gasteiger partial charge in [-0.1, -0.05) is 29.0 Å². The van der Waals surface area contributed by atoms with Crippen molar-refractivity contribution in [2.24, 2.45) is 0 Å². The molecule has 0 saturated carbocycles. The predicted molar refractivity (Wildman–Crippen MR) is 105 cm³/mol. The highest BCUT2D eigenvalue weighted by atomic mass is 35.5. The van der Waals surface area contributed by atoms with Gasteiger partial charge in [0, 0.05) is 11.9 Å². The van der Waals surface area contributed by atoms with Crippen LogP contribution in [0.5, 0.6) is 16.7 Å². The molecule has 1 N–H and O–H groups in total. The number of benzene rings is 1. The molecule has 30 heavy (non-hydrogen) atoms. The molecule has 160 valence electrons. The number of alkyl halides is 3. The minimum absolute atomic E-state index is 0.0136. The lowest BCUT2D eigenvalue weighted by Gasteiger charge is -2.10. The van der Waals surface area contributed by atoms with Crippen LogP contribution in [0.1, 0.15) is 18.2 Å². The summed E-state index contributed by atoms with van der Waals surface area (Å²) in [6.45, 7) is 2.44. The van der Waals surface area contributed by atoms with Crippen LogP contribution in [-0.4, -0.2) is 27.8 Å². The molecule has 2 heterocycles. The number of hydrogen-bond donors (Lipinski definition) is 1. The van der Waals surface area contributed by atoms with Crippen LogP contribution in [0.15, 0.2) is 29.8 Å². The topological polar surface area (TPSA) is 78.3 Å². The van der Waals surface area contributed by atoms with Crippen molar-refractivity contribution in [2.75, 3.05) is 12.4 Å². The van der Waals surface area contributed by atoms with Gasteiger partial charge in [-0.05, 0) is 24.6 Å². The van der Waals surface area contributed by atoms with E-state index in [0.717, 1.165) is 16.7 Å². The van der Waals surface area contributed by atoms with E-state index in [9.17, 15) is 18.0 Å². The van der Waals surface area contributed by atoms with Crippen molar-refractivity contribution < 1.29 is 27.4 Å². The number of carbonyl (C=O) groups excluding carboxylic acids is 1. The Morgan fingerprint density at radius 1 is 1.33 bits per heavy atom. The lowest BCUT2D eigenvalue weighted by Crippen LogP contribution is -2.14. The Morgan fingerprint density at radius 3 is 2.70 bits per heavy atom. The maximum Gasteiger partial charge on any atom is 0.434 e. The molecule has 0 atom stereocenters. The van der Waals surface area contributed by atoms with Crippen LogP contribution in [0.2, 0.25) is 5.15 Å². The van der Waals surface area contributed by atoms with Crippen molar-refractivity contribution >= 4 is 34.5 Å². The molecular weight excluding hydrogens is 445 g/mol. The molecule has 0 fully saturated rings. The second-order valence-electron chi connectivity index (χ2n) is 5.97. The molecule has 7 nitrogen and oxygen atoms in total. The van der Waals surface area contributed by atoms with Gasteiger partial charge in [-0.15, -0.1) is 0 Å². The third-order valence-electron chi connectivity index (χ3n) is 3.91. The summed E-state index contributed by atoms with van der Waals surface area (Å²) in [6.07, 6.45) is -3.07. The van der Waals surface area contributed by atoms with Crippen LogP contribution >= 0.6 is 22.9 Å². The quantitative estimate of drug-likeness (QED) is 0.536. The maximum atomic E-state index is 12.7. The Kier molecular flexibility index (Phi) is 6.52. The third kappa shape index (κ3) is 5.03. The summed E-state index contributed by atoms with van der Waals surface area (Å²) in [7, 11) is 1.38. The summed E-state index contributed by atoms with van der Waals surface area (Å²) in [6, 6.07) is 4.66. The average molecular weight is 461 g/mol. The van der Waals surface area contributed by atoms with Gasteiger partial charge in [-0.25, -0.2) is 0 Å². The molecule has 3 rings (SSSR count). The Bertz CT molecular complexity index is 1050. The minimum Gasteiger partial charge on any atom is -0.493 e. The van der Waals surface area contributed by atoms with Gasteiger partial charge < -0.3 is 14.8 Å². The Labute approximate surface area is 178 Å². The number of ether oxygens (including phenoxy) is 2. The summed E-state index contributed by atoms with van der Waals surface area (Å²) in [5.74, 6) is 0.107. The normalized spacial score (nSPS) is 11.4. The van der Waals surface area contributed by atoms with E-state index in [1.807, 2.05) is 6.92 Å². The molecule has 1 amide bonds. The van der Waals surface area contributed by atoms with Gasteiger partial charge in [0.15, 0.2) is 22.3 Å². The number of rotatable bonds is 7. The van der Waals surface area contributed by atoms with Crippen molar-refractivity contribution in [3.8, 4) is 16.7 Å². The number of hydrogen-bond acceptors (Lipinski definition) is 6. The molecule has 0 radical (unpaired) electrons. The van der Waals surface area contributed by atoms with Crippen LogP contribution in [0.4, 0.5) is 18.9 Å². The summed E-state index contributed by atoms with van der Waals surface area (Å²) >= 11 is 6.84. The van der Waals surface area contributed by atoms with Gasteiger partial charge in [0.1, 0.15) is 0 Å². The van der Waals surface area contributed by atoms with E-state index < -0.39 is 11.9 Å². The molecule has 0 unspecified atom stereocenters. The van der Waals surface area contributed by atoms with E-state index >= 15 is 0 Å². The van der Waals surface area contributed by atoms with Crippen molar-refractivity contribution in [1.29, 1.82) is 0 Å². The molecule has 12 heteroatoms. The molecular formula is C18H16ClF3N4O3S. The number of aromatic nitrogens is 3. The molecule has 0 bridgehead atoms. The number of methoxy groups -OCH3 is 1. The zero-order valence-electron chi connectivity index (χ0n) is 15.8. The SMILES string of the molecule is CCn1ncc(NC(=O)Cc2ccc(Oc3nc(C(F)(F)F)cs3)c(OC)c2)c1Cl. The highest BCUT2D eigenvalue weighted by molar-refractivity contribution is 7.11. The first-order chi connectivity index (χ1) is 14.2. The lowest BCUT2D eigenvalue weighted by atomic mass is 10.1. The first-order valence-corrected chi connectivity index (χ1v) is 9.85. The van der Waals surface area contributed by atoms with Crippen LogP contribution in [0.3, 0.4) is 0 Å². The summed E-state index contributed by atoms with van der Waals surface area (Å²) in [5.41, 5.74) is -0.0229. The zero-order valence-corrected chi connectivity index (χ0v) is 17.4. The molecule has 0 aliphatic heterocycles. The minimum atomic E-state index is -4.55. The lowest BCUT2D eigenvalue weighted by molar-refractivity contribution is -0.140. The van der Waals surface area contributed by atoms with Crippen molar-refractivity contribution in [1.82, 2.24) is 14.8 Å². The van der Waals surface area contributed by atoms with E-state index in [0.29, 0.717) is 22.9 Å². The molecule has 1 aromatic carbocycles. The van der Waals surface area contributed by atoms with Crippen LogP contribution in [0, 0.1) is 0 Å². The van der Waals surface area contributed by atoms with E-state index in [1.165, 1.54) is 24.1 Å². The molecule has 0 aliphatic rings. The van der Waals surface area contributed by atoms with Gasteiger partial charge in [-0.2, -0.15) is 23.3 Å². The molecule has 2 aromatic heterocycles. The average Bonchev–Trinajstić information content (AvgIpc) is 3.30. The maximum absolute atomic E-state index is 12.7. The number of nitrogens with one attached hydrogen (secondary N) is 1.